The third kappa shape index (κ3) is 11.3. The van der Waals surface area contributed by atoms with Crippen molar-refractivity contribution in [1.82, 2.24) is 0 Å². The van der Waals surface area contributed by atoms with Crippen LogP contribution in [0.1, 0.15) is 80.1 Å². The maximum atomic E-state index is 13.6. The molecule has 1 fully saturated rings. The highest BCUT2D eigenvalue weighted by atomic mass is 79.9. The second kappa shape index (κ2) is 17.2. The van der Waals surface area contributed by atoms with E-state index in [4.69, 9.17) is 9.47 Å². The monoisotopic (exact) mass is 650 g/mol. The van der Waals surface area contributed by atoms with Gasteiger partial charge in [-0.1, -0.05) is 76.5 Å². The first-order chi connectivity index (χ1) is 19.4. The number of carbonyl (C=O) groups excluding carboxylic acids is 1. The van der Waals surface area contributed by atoms with E-state index in [9.17, 15) is 18.3 Å². The van der Waals surface area contributed by atoms with Crippen molar-refractivity contribution in [2.24, 2.45) is 0 Å². The van der Waals surface area contributed by atoms with Crippen LogP contribution in [0.25, 0.3) is 0 Å². The molecule has 228 valence electrons. The summed E-state index contributed by atoms with van der Waals surface area (Å²) in [5.41, 5.74) is 4.04. The number of ether oxygens (including phenoxy) is 2. The first-order valence-electron chi connectivity index (χ1n) is 14.5. The number of allylic oxidation sites excluding steroid dienone is 5. The molecule has 5 atom stereocenters. The Morgan fingerprint density at radius 1 is 1.00 bits per heavy atom. The van der Waals surface area contributed by atoms with Gasteiger partial charge < -0.3 is 14.6 Å². The molecule has 6 nitrogen and oxygen atoms in total. The van der Waals surface area contributed by atoms with E-state index in [0.717, 1.165) is 48.0 Å². The van der Waals surface area contributed by atoms with E-state index in [1.165, 1.54) is 0 Å². The van der Waals surface area contributed by atoms with Crippen molar-refractivity contribution < 1.29 is 27.8 Å². The average Bonchev–Trinajstić information content (AvgIpc) is 3.76. The second-order valence-electron chi connectivity index (χ2n) is 10.8. The van der Waals surface area contributed by atoms with Crippen molar-refractivity contribution in [3.63, 3.8) is 0 Å². The Kier molecular flexibility index (Phi) is 14.8. The minimum atomic E-state index is -3.57. The summed E-state index contributed by atoms with van der Waals surface area (Å²) < 4.78 is 37.7. The van der Waals surface area contributed by atoms with Crippen molar-refractivity contribution in [3.8, 4) is 0 Å². The van der Waals surface area contributed by atoms with Gasteiger partial charge >= 0.3 is 5.97 Å². The Morgan fingerprint density at radius 2 is 1.63 bits per heavy atom. The molecule has 1 aromatic carbocycles. The molecule has 1 heterocycles. The molecule has 8 heteroatoms. The number of aliphatic hydroxyl groups excluding tert-OH is 1. The highest BCUT2D eigenvalue weighted by molar-refractivity contribution is 9.09. The van der Waals surface area contributed by atoms with E-state index < -0.39 is 27.3 Å². The van der Waals surface area contributed by atoms with Gasteiger partial charge in [0.15, 0.2) is 15.9 Å². The van der Waals surface area contributed by atoms with Gasteiger partial charge in [0.25, 0.3) is 0 Å². The number of hydrogen-bond acceptors (Lipinski definition) is 6. The number of carbonyl (C=O) groups is 1. The van der Waals surface area contributed by atoms with Crippen LogP contribution in [0, 0.1) is 0 Å². The molecule has 0 aliphatic carbocycles. The van der Waals surface area contributed by atoms with Gasteiger partial charge in [-0.05, 0) is 96.4 Å². The van der Waals surface area contributed by atoms with Gasteiger partial charge in [0, 0.05) is 4.83 Å². The van der Waals surface area contributed by atoms with Crippen molar-refractivity contribution >= 4 is 31.7 Å². The molecule has 5 unspecified atom stereocenters. The van der Waals surface area contributed by atoms with E-state index >= 15 is 0 Å². The van der Waals surface area contributed by atoms with Gasteiger partial charge in [-0.25, -0.2) is 13.2 Å². The van der Waals surface area contributed by atoms with Crippen LogP contribution in [-0.2, 0) is 24.1 Å². The number of epoxide rings is 1. The summed E-state index contributed by atoms with van der Waals surface area (Å²) in [5, 5.41) is 9.71. The summed E-state index contributed by atoms with van der Waals surface area (Å²) in [5.74, 6) is -0.317. The minimum Gasteiger partial charge on any atom is -0.464 e. The summed E-state index contributed by atoms with van der Waals surface area (Å²) >= 11 is 3.51. The summed E-state index contributed by atoms with van der Waals surface area (Å²) in [6.07, 6.45) is 11.0. The molecule has 0 bridgehead atoms. The number of hydrogen-bond donors (Lipinski definition) is 1. The molecule has 0 amide bonds. The van der Waals surface area contributed by atoms with Crippen molar-refractivity contribution in [2.45, 2.75) is 113 Å². The largest absolute Gasteiger partial charge is 0.464 e. The number of aliphatic hydroxyl groups is 1. The SMILES string of the molecule is CCOC(=O)C1OC1/C(C)=C/CC/C(C)=C/CC(/C=C(\C)CC/C=C(\C)C(O)C(Br)CC)S(=O)(=O)c1ccccc1. The third-order valence-corrected chi connectivity index (χ3v) is 10.5. The summed E-state index contributed by atoms with van der Waals surface area (Å²) in [6, 6.07) is 8.61. The molecule has 0 aromatic heterocycles. The first-order valence-corrected chi connectivity index (χ1v) is 17.0. The molecular formula is C33H47BrO6S. The van der Waals surface area contributed by atoms with Gasteiger partial charge in [-0.2, -0.15) is 0 Å². The predicted octanol–water partition coefficient (Wildman–Crippen LogP) is 7.43. The fourth-order valence-corrected chi connectivity index (χ4v) is 6.62. The zero-order valence-electron chi connectivity index (χ0n) is 25.3. The first kappa shape index (κ1) is 35.2. The molecule has 1 saturated heterocycles. The molecule has 0 saturated carbocycles. The van der Waals surface area contributed by atoms with Gasteiger partial charge in [0.05, 0.1) is 22.9 Å². The quantitative estimate of drug-likeness (QED) is 0.0816. The molecule has 1 aliphatic rings. The fraction of sp³-hybridized carbons (Fsp3) is 0.545. The molecule has 41 heavy (non-hydrogen) atoms. The molecule has 1 N–H and O–H groups in total. The Balaban J connectivity index is 2.08. The number of alkyl halides is 1. The molecule has 2 rings (SSSR count). The Hall–Kier alpha value is -2.00. The lowest BCUT2D eigenvalue weighted by molar-refractivity contribution is -0.144. The highest BCUT2D eigenvalue weighted by Gasteiger charge is 2.47. The molecule has 1 aliphatic heterocycles. The zero-order chi connectivity index (χ0) is 30.6. The van der Waals surface area contributed by atoms with E-state index in [1.54, 1.807) is 31.2 Å². The van der Waals surface area contributed by atoms with E-state index in [1.807, 2.05) is 58.9 Å². The van der Waals surface area contributed by atoms with Crippen LogP contribution in [0.2, 0.25) is 0 Å². The van der Waals surface area contributed by atoms with Crippen LogP contribution in [0.15, 0.2) is 81.8 Å². The topological polar surface area (TPSA) is 93.2 Å². The van der Waals surface area contributed by atoms with Crippen molar-refractivity contribution in [3.05, 3.63) is 76.9 Å². The molecule has 0 radical (unpaired) electrons. The summed E-state index contributed by atoms with van der Waals surface area (Å²) in [7, 11) is -3.57. The number of benzene rings is 1. The van der Waals surface area contributed by atoms with Gasteiger partial charge in [-0.3, -0.25) is 0 Å². The Bertz CT molecular complexity index is 1220. The number of halogens is 1. The lowest BCUT2D eigenvalue weighted by Gasteiger charge is -2.17. The highest BCUT2D eigenvalue weighted by Crippen LogP contribution is 2.31. The number of esters is 1. The Morgan fingerprint density at radius 3 is 2.27 bits per heavy atom. The minimum absolute atomic E-state index is 0.0220. The van der Waals surface area contributed by atoms with E-state index in [0.29, 0.717) is 24.3 Å². The smallest absolute Gasteiger partial charge is 0.338 e. The maximum Gasteiger partial charge on any atom is 0.338 e. The third-order valence-electron chi connectivity index (χ3n) is 7.31. The van der Waals surface area contributed by atoms with Crippen LogP contribution >= 0.6 is 15.9 Å². The van der Waals surface area contributed by atoms with Crippen LogP contribution in [0.3, 0.4) is 0 Å². The zero-order valence-corrected chi connectivity index (χ0v) is 27.7. The normalized spacial score (nSPS) is 20.9. The maximum absolute atomic E-state index is 13.6. The average molecular weight is 652 g/mol. The lowest BCUT2D eigenvalue weighted by atomic mass is 10.0. The summed E-state index contributed by atoms with van der Waals surface area (Å²) in [6.45, 7) is 12.0. The van der Waals surface area contributed by atoms with Gasteiger partial charge in [0.1, 0.15) is 6.10 Å². The van der Waals surface area contributed by atoms with Crippen molar-refractivity contribution in [1.29, 1.82) is 0 Å². The number of rotatable bonds is 17. The van der Waals surface area contributed by atoms with Crippen molar-refractivity contribution in [2.75, 3.05) is 6.61 Å². The van der Waals surface area contributed by atoms with Crippen LogP contribution in [-0.4, -0.2) is 54.5 Å². The van der Waals surface area contributed by atoms with E-state index in [2.05, 4.69) is 22.0 Å². The predicted molar refractivity (Wildman–Crippen MR) is 170 cm³/mol. The van der Waals surface area contributed by atoms with Crippen LogP contribution in [0.4, 0.5) is 0 Å². The fourth-order valence-electron chi connectivity index (χ4n) is 4.55. The van der Waals surface area contributed by atoms with Gasteiger partial charge in [0.2, 0.25) is 0 Å². The number of sulfone groups is 1. The summed E-state index contributed by atoms with van der Waals surface area (Å²) in [4.78, 5) is 12.2. The van der Waals surface area contributed by atoms with Crippen LogP contribution < -0.4 is 0 Å². The van der Waals surface area contributed by atoms with Crippen LogP contribution in [0.5, 0.6) is 0 Å². The lowest BCUT2D eigenvalue weighted by Crippen LogP contribution is -2.20. The van der Waals surface area contributed by atoms with E-state index in [-0.39, 0.29) is 16.9 Å². The molecule has 0 spiro atoms. The second-order valence-corrected chi connectivity index (χ2v) is 14.1. The molecule has 1 aromatic rings. The van der Waals surface area contributed by atoms with Gasteiger partial charge in [-0.15, -0.1) is 0 Å². The molecular weight excluding hydrogens is 604 g/mol. The standard InChI is InChI=1S/C33H47BrO6S/c1-7-29(34)30(35)25(5)16-13-15-24(4)22-28(41(37,38)27-18-10-9-11-19-27)21-20-23(3)14-12-17-26(6)31-32(40-31)33(36)39-8-2/h9-11,16-20,22,28-32,35H,7-8,12-15,21H2,1-6H3/b23-20+,24-22+,25-16+,26-17+. The Labute approximate surface area is 255 Å².